The van der Waals surface area contributed by atoms with E-state index in [1.54, 1.807) is 18.2 Å². The second-order valence-electron chi connectivity index (χ2n) is 3.06. The summed E-state index contributed by atoms with van der Waals surface area (Å²) in [7, 11) is 0. The zero-order chi connectivity index (χ0) is 10.6. The lowest BCUT2D eigenvalue weighted by Gasteiger charge is -2.10. The average Bonchev–Trinajstić information content (AvgIpc) is 2.17. The van der Waals surface area contributed by atoms with Crippen molar-refractivity contribution in [1.82, 2.24) is 10.3 Å². The van der Waals surface area contributed by atoms with Crippen molar-refractivity contribution < 1.29 is 4.79 Å². The first-order valence-electron chi connectivity index (χ1n) is 4.37. The lowest BCUT2D eigenvalue weighted by molar-refractivity contribution is 0.0936. The van der Waals surface area contributed by atoms with Crippen molar-refractivity contribution in [1.29, 1.82) is 0 Å². The topological polar surface area (TPSA) is 94.0 Å². The van der Waals surface area contributed by atoms with Gasteiger partial charge in [0.25, 0.3) is 5.91 Å². The fraction of sp³-hybridized carbons (Fsp3) is 0.333. The molecule has 1 heterocycles. The summed E-state index contributed by atoms with van der Waals surface area (Å²) in [5.74, 6) is 0.0771. The number of hydrogen-bond acceptors (Lipinski definition) is 4. The van der Waals surface area contributed by atoms with Gasteiger partial charge < -0.3 is 16.8 Å². The molecule has 0 fully saturated rings. The van der Waals surface area contributed by atoms with Crippen molar-refractivity contribution in [3.63, 3.8) is 0 Å². The van der Waals surface area contributed by atoms with E-state index in [4.69, 9.17) is 11.5 Å². The van der Waals surface area contributed by atoms with Gasteiger partial charge in [-0.05, 0) is 19.1 Å². The summed E-state index contributed by atoms with van der Waals surface area (Å²) in [5, 5.41) is 2.69. The minimum absolute atomic E-state index is 0.0641. The van der Waals surface area contributed by atoms with Crippen LogP contribution >= 0.6 is 0 Å². The first-order valence-corrected chi connectivity index (χ1v) is 4.37. The van der Waals surface area contributed by atoms with Gasteiger partial charge in [-0.3, -0.25) is 4.79 Å². The summed E-state index contributed by atoms with van der Waals surface area (Å²) in [4.78, 5) is 15.4. The molecule has 5 nitrogen and oxygen atoms in total. The molecule has 0 aliphatic heterocycles. The molecule has 14 heavy (non-hydrogen) atoms. The Morgan fingerprint density at radius 3 is 2.93 bits per heavy atom. The number of aromatic nitrogens is 1. The molecule has 5 heteroatoms. The normalized spacial score (nSPS) is 12.1. The first-order chi connectivity index (χ1) is 6.63. The molecule has 0 unspecified atom stereocenters. The van der Waals surface area contributed by atoms with E-state index >= 15 is 0 Å². The van der Waals surface area contributed by atoms with Crippen molar-refractivity contribution in [2.45, 2.75) is 13.0 Å². The van der Waals surface area contributed by atoms with Crippen LogP contribution in [0.15, 0.2) is 18.2 Å². The molecule has 0 saturated carbocycles. The lowest BCUT2D eigenvalue weighted by Crippen LogP contribution is -2.38. The number of nitrogens with zero attached hydrogens (tertiary/aromatic N) is 1. The minimum Gasteiger partial charge on any atom is -0.384 e. The quantitative estimate of drug-likeness (QED) is 0.618. The number of nitrogens with one attached hydrogen (secondary N) is 1. The van der Waals surface area contributed by atoms with Gasteiger partial charge in [0.05, 0.1) is 0 Å². The molecule has 1 amide bonds. The molecule has 0 saturated heterocycles. The van der Waals surface area contributed by atoms with Crippen molar-refractivity contribution in [3.05, 3.63) is 23.9 Å². The number of carbonyl (C=O) groups is 1. The molecule has 0 bridgehead atoms. The summed E-state index contributed by atoms with van der Waals surface area (Å²) >= 11 is 0. The molecule has 1 aromatic heterocycles. The Hall–Kier alpha value is -1.62. The second kappa shape index (κ2) is 4.57. The maximum atomic E-state index is 11.5. The van der Waals surface area contributed by atoms with Crippen LogP contribution in [0.3, 0.4) is 0 Å². The van der Waals surface area contributed by atoms with Crippen LogP contribution in [0.5, 0.6) is 0 Å². The zero-order valence-corrected chi connectivity index (χ0v) is 8.03. The highest BCUT2D eigenvalue weighted by atomic mass is 16.1. The molecule has 1 aromatic rings. The van der Waals surface area contributed by atoms with Gasteiger partial charge in [0, 0.05) is 12.6 Å². The molecule has 0 radical (unpaired) electrons. The van der Waals surface area contributed by atoms with E-state index < -0.39 is 0 Å². The highest BCUT2D eigenvalue weighted by molar-refractivity contribution is 5.92. The lowest BCUT2D eigenvalue weighted by atomic mass is 10.3. The third kappa shape index (κ3) is 2.70. The van der Waals surface area contributed by atoms with E-state index in [9.17, 15) is 4.79 Å². The molecular formula is C9H14N4O. The summed E-state index contributed by atoms with van der Waals surface area (Å²) in [6.45, 7) is 2.22. The summed E-state index contributed by atoms with van der Waals surface area (Å²) < 4.78 is 0. The van der Waals surface area contributed by atoms with Crippen molar-refractivity contribution in [2.75, 3.05) is 12.3 Å². The number of hydrogen-bond donors (Lipinski definition) is 3. The fourth-order valence-electron chi connectivity index (χ4n) is 0.935. The molecule has 0 aromatic carbocycles. The van der Waals surface area contributed by atoms with Gasteiger partial charge >= 0.3 is 0 Å². The Labute approximate surface area is 82.5 Å². The molecule has 76 valence electrons. The van der Waals surface area contributed by atoms with Crippen LogP contribution in [0.2, 0.25) is 0 Å². The predicted octanol–water partition coefficient (Wildman–Crippen LogP) is -0.259. The first kappa shape index (κ1) is 10.5. The van der Waals surface area contributed by atoms with Gasteiger partial charge in [-0.1, -0.05) is 6.07 Å². The summed E-state index contributed by atoms with van der Waals surface area (Å²) in [5.41, 5.74) is 11.1. The predicted molar refractivity (Wildman–Crippen MR) is 54.6 cm³/mol. The molecule has 1 atom stereocenters. The molecule has 0 aliphatic rings. The maximum Gasteiger partial charge on any atom is 0.270 e. The zero-order valence-electron chi connectivity index (χ0n) is 8.03. The van der Waals surface area contributed by atoms with Crippen LogP contribution in [0.25, 0.3) is 0 Å². The Morgan fingerprint density at radius 2 is 2.36 bits per heavy atom. The Bertz CT molecular complexity index is 326. The smallest absolute Gasteiger partial charge is 0.270 e. The molecule has 0 spiro atoms. The van der Waals surface area contributed by atoms with Crippen LogP contribution in [-0.2, 0) is 0 Å². The van der Waals surface area contributed by atoms with Crippen molar-refractivity contribution in [3.8, 4) is 0 Å². The molecule has 0 aliphatic carbocycles. The van der Waals surface area contributed by atoms with E-state index in [-0.39, 0.29) is 11.9 Å². The van der Waals surface area contributed by atoms with Crippen molar-refractivity contribution >= 4 is 11.7 Å². The average molecular weight is 194 g/mol. The van der Waals surface area contributed by atoms with Gasteiger partial charge in [0.1, 0.15) is 11.5 Å². The molecular weight excluding hydrogens is 180 g/mol. The standard InChI is InChI=1S/C9H14N4O/c1-6(5-10)12-9(14)7-3-2-4-8(11)13-7/h2-4,6H,5,10H2,1H3,(H2,11,13)(H,12,14)/t6-/m0/s1. The minimum atomic E-state index is -0.254. The summed E-state index contributed by atoms with van der Waals surface area (Å²) in [6.07, 6.45) is 0. The van der Waals surface area contributed by atoms with Gasteiger partial charge in [0.2, 0.25) is 0 Å². The van der Waals surface area contributed by atoms with Crippen LogP contribution in [0, 0.1) is 0 Å². The molecule has 1 rings (SSSR count). The van der Waals surface area contributed by atoms with Crippen LogP contribution in [0.4, 0.5) is 5.82 Å². The van der Waals surface area contributed by atoms with Gasteiger partial charge in [-0.25, -0.2) is 4.98 Å². The maximum absolute atomic E-state index is 11.5. The summed E-state index contributed by atoms with van der Waals surface area (Å²) in [6, 6.07) is 4.85. The van der Waals surface area contributed by atoms with E-state index in [1.807, 2.05) is 6.92 Å². The SMILES string of the molecule is C[C@@H](CN)NC(=O)c1cccc(N)n1. The number of nitrogen functional groups attached to an aromatic ring is 1. The third-order valence-corrected chi connectivity index (χ3v) is 1.73. The van der Waals surface area contributed by atoms with Crippen LogP contribution < -0.4 is 16.8 Å². The number of carbonyl (C=O) groups excluding carboxylic acids is 1. The van der Waals surface area contributed by atoms with Gasteiger partial charge in [-0.15, -0.1) is 0 Å². The van der Waals surface area contributed by atoms with E-state index in [1.165, 1.54) is 0 Å². The third-order valence-electron chi connectivity index (χ3n) is 1.73. The van der Waals surface area contributed by atoms with E-state index in [2.05, 4.69) is 10.3 Å². The highest BCUT2D eigenvalue weighted by Gasteiger charge is 2.09. The second-order valence-corrected chi connectivity index (χ2v) is 3.06. The van der Waals surface area contributed by atoms with Crippen molar-refractivity contribution in [2.24, 2.45) is 5.73 Å². The largest absolute Gasteiger partial charge is 0.384 e. The van der Waals surface area contributed by atoms with Crippen LogP contribution in [0.1, 0.15) is 17.4 Å². The Kier molecular flexibility index (Phi) is 3.41. The van der Waals surface area contributed by atoms with E-state index in [0.717, 1.165) is 0 Å². The number of anilines is 1. The number of rotatable bonds is 3. The number of nitrogens with two attached hydrogens (primary N) is 2. The van der Waals surface area contributed by atoms with Crippen LogP contribution in [-0.4, -0.2) is 23.5 Å². The van der Waals surface area contributed by atoms with Gasteiger partial charge in [-0.2, -0.15) is 0 Å². The monoisotopic (exact) mass is 194 g/mol. The number of pyridine rings is 1. The van der Waals surface area contributed by atoms with Gasteiger partial charge in [0.15, 0.2) is 0 Å². The Balaban J connectivity index is 2.70. The highest BCUT2D eigenvalue weighted by Crippen LogP contribution is 2.00. The molecule has 5 N–H and O–H groups in total. The Morgan fingerprint density at radius 1 is 1.64 bits per heavy atom. The van der Waals surface area contributed by atoms with E-state index in [0.29, 0.717) is 18.1 Å². The fourth-order valence-corrected chi connectivity index (χ4v) is 0.935. The number of amides is 1.